The van der Waals surface area contributed by atoms with Crippen LogP contribution in [0, 0.1) is 6.92 Å². The molecule has 0 unspecified atom stereocenters. The van der Waals surface area contributed by atoms with E-state index >= 15 is 0 Å². The summed E-state index contributed by atoms with van der Waals surface area (Å²) in [5, 5.41) is 8.58. The topological polar surface area (TPSA) is 29.9 Å². The Bertz CT molecular complexity index is 374. The van der Waals surface area contributed by atoms with Crippen LogP contribution in [0.2, 0.25) is 5.02 Å². The summed E-state index contributed by atoms with van der Waals surface area (Å²) in [7, 11) is 1.95. The van der Waals surface area contributed by atoms with Crippen molar-refractivity contribution in [1.82, 2.24) is 15.1 Å². The molecule has 1 rings (SSSR count). The lowest BCUT2D eigenvalue weighted by molar-refractivity contribution is 0.547. The van der Waals surface area contributed by atoms with Crippen LogP contribution in [-0.2, 0) is 13.6 Å². The second-order valence-electron chi connectivity index (χ2n) is 5.62. The first kappa shape index (κ1) is 17.5. The maximum absolute atomic E-state index is 6.21. The molecule has 0 aliphatic rings. The zero-order valence-corrected chi connectivity index (χ0v) is 14.1. The van der Waals surface area contributed by atoms with E-state index in [2.05, 4.69) is 17.3 Å². The normalized spacial score (nSPS) is 11.2. The fourth-order valence-corrected chi connectivity index (χ4v) is 2.69. The summed E-state index contributed by atoms with van der Waals surface area (Å²) in [5.41, 5.74) is 2.00. The van der Waals surface area contributed by atoms with Gasteiger partial charge in [0.05, 0.1) is 16.4 Å². The number of unbranched alkanes of at least 4 members (excludes halogenated alkanes) is 7. The van der Waals surface area contributed by atoms with Crippen LogP contribution in [0.15, 0.2) is 0 Å². The van der Waals surface area contributed by atoms with Crippen molar-refractivity contribution in [2.45, 2.75) is 71.8 Å². The maximum atomic E-state index is 6.21. The molecule has 0 saturated heterocycles. The first-order chi connectivity index (χ1) is 9.66. The molecule has 0 fully saturated rings. The largest absolute Gasteiger partial charge is 0.311 e. The van der Waals surface area contributed by atoms with Gasteiger partial charge in [-0.1, -0.05) is 63.5 Å². The molecule has 116 valence electrons. The van der Waals surface area contributed by atoms with Crippen molar-refractivity contribution in [3.05, 3.63) is 16.4 Å². The molecule has 0 bridgehead atoms. The Morgan fingerprint density at radius 2 is 1.65 bits per heavy atom. The van der Waals surface area contributed by atoms with Crippen molar-refractivity contribution in [2.75, 3.05) is 6.54 Å². The van der Waals surface area contributed by atoms with Gasteiger partial charge in [0, 0.05) is 13.6 Å². The van der Waals surface area contributed by atoms with Gasteiger partial charge < -0.3 is 5.32 Å². The minimum atomic E-state index is 0.802. The number of aryl methyl sites for hydroxylation is 2. The Kier molecular flexibility index (Phi) is 8.95. The molecule has 0 atom stereocenters. The number of aromatic nitrogens is 2. The molecule has 0 aromatic carbocycles. The molecule has 0 spiro atoms. The summed E-state index contributed by atoms with van der Waals surface area (Å²) >= 11 is 6.21. The van der Waals surface area contributed by atoms with Crippen LogP contribution >= 0.6 is 11.6 Å². The van der Waals surface area contributed by atoms with Crippen molar-refractivity contribution in [2.24, 2.45) is 7.05 Å². The van der Waals surface area contributed by atoms with Crippen LogP contribution in [0.3, 0.4) is 0 Å². The average Bonchev–Trinajstić information content (AvgIpc) is 2.67. The zero-order valence-electron chi connectivity index (χ0n) is 13.3. The van der Waals surface area contributed by atoms with Gasteiger partial charge in [0.15, 0.2) is 0 Å². The molecule has 4 heteroatoms. The molecule has 1 heterocycles. The van der Waals surface area contributed by atoms with E-state index in [1.807, 2.05) is 18.7 Å². The van der Waals surface area contributed by atoms with Crippen molar-refractivity contribution >= 4 is 11.6 Å². The third-order valence-corrected chi connectivity index (χ3v) is 4.25. The van der Waals surface area contributed by atoms with E-state index in [1.54, 1.807) is 0 Å². The maximum Gasteiger partial charge on any atom is 0.0860 e. The van der Waals surface area contributed by atoms with Gasteiger partial charge in [-0.15, -0.1) is 0 Å². The van der Waals surface area contributed by atoms with Crippen LogP contribution in [0.4, 0.5) is 0 Å². The number of hydrogen-bond donors (Lipinski definition) is 1. The fraction of sp³-hybridized carbons (Fsp3) is 0.812. The van der Waals surface area contributed by atoms with Crippen molar-refractivity contribution < 1.29 is 0 Å². The lowest BCUT2D eigenvalue weighted by atomic mass is 10.1. The minimum Gasteiger partial charge on any atom is -0.311 e. The number of rotatable bonds is 11. The molecule has 0 aliphatic carbocycles. The molecular weight excluding hydrogens is 270 g/mol. The van der Waals surface area contributed by atoms with Crippen molar-refractivity contribution in [1.29, 1.82) is 0 Å². The van der Waals surface area contributed by atoms with E-state index in [0.29, 0.717) is 0 Å². The Hall–Kier alpha value is -0.540. The van der Waals surface area contributed by atoms with Crippen molar-refractivity contribution in [3.63, 3.8) is 0 Å². The summed E-state index contributed by atoms with van der Waals surface area (Å²) in [6, 6.07) is 0. The molecule has 0 amide bonds. The van der Waals surface area contributed by atoms with E-state index in [0.717, 1.165) is 29.5 Å². The molecule has 1 N–H and O–H groups in total. The predicted octanol–water partition coefficient (Wildman–Crippen LogP) is 4.61. The molecule has 0 radical (unpaired) electrons. The average molecular weight is 300 g/mol. The molecule has 1 aromatic heterocycles. The van der Waals surface area contributed by atoms with Gasteiger partial charge in [-0.05, 0) is 19.9 Å². The van der Waals surface area contributed by atoms with E-state index in [1.165, 1.54) is 51.4 Å². The highest BCUT2D eigenvalue weighted by Gasteiger charge is 2.09. The fourth-order valence-electron chi connectivity index (χ4n) is 2.46. The summed E-state index contributed by atoms with van der Waals surface area (Å²) in [6.45, 7) is 6.09. The van der Waals surface area contributed by atoms with Gasteiger partial charge in [-0.25, -0.2) is 0 Å². The minimum absolute atomic E-state index is 0.802. The SMILES string of the molecule is CCCCCCCCCCNCc1c(Cl)c(C)nn1C. The van der Waals surface area contributed by atoms with Crippen LogP contribution in [0.1, 0.15) is 69.7 Å². The van der Waals surface area contributed by atoms with Gasteiger partial charge in [0.25, 0.3) is 0 Å². The van der Waals surface area contributed by atoms with E-state index in [4.69, 9.17) is 11.6 Å². The number of nitrogens with zero attached hydrogens (tertiary/aromatic N) is 2. The highest BCUT2D eigenvalue weighted by Crippen LogP contribution is 2.18. The number of halogens is 1. The van der Waals surface area contributed by atoms with E-state index in [9.17, 15) is 0 Å². The lowest BCUT2D eigenvalue weighted by Crippen LogP contribution is -2.17. The second-order valence-corrected chi connectivity index (χ2v) is 6.00. The van der Waals surface area contributed by atoms with Gasteiger partial charge in [-0.2, -0.15) is 5.10 Å². The summed E-state index contributed by atoms with van der Waals surface area (Å²) in [4.78, 5) is 0. The van der Waals surface area contributed by atoms with Crippen molar-refractivity contribution in [3.8, 4) is 0 Å². The zero-order chi connectivity index (χ0) is 14.8. The third-order valence-electron chi connectivity index (χ3n) is 3.76. The quantitative estimate of drug-likeness (QED) is 0.605. The molecule has 0 saturated carbocycles. The summed E-state index contributed by atoms with van der Waals surface area (Å²) < 4.78 is 1.87. The second kappa shape index (κ2) is 10.2. The van der Waals surface area contributed by atoms with Crippen LogP contribution in [0.5, 0.6) is 0 Å². The summed E-state index contributed by atoms with van der Waals surface area (Å²) in [6.07, 6.45) is 10.9. The molecular formula is C16H30ClN3. The smallest absolute Gasteiger partial charge is 0.0860 e. The van der Waals surface area contributed by atoms with E-state index in [-0.39, 0.29) is 0 Å². The Balaban J connectivity index is 2.00. The Morgan fingerprint density at radius 3 is 2.20 bits per heavy atom. The standard InChI is InChI=1S/C16H30ClN3/c1-4-5-6-7-8-9-10-11-12-18-13-15-16(17)14(2)19-20(15)3/h18H,4-13H2,1-3H3. The highest BCUT2D eigenvalue weighted by molar-refractivity contribution is 6.31. The van der Waals surface area contributed by atoms with Gasteiger partial charge in [0.2, 0.25) is 0 Å². The molecule has 0 aliphatic heterocycles. The van der Waals surface area contributed by atoms with Crippen LogP contribution < -0.4 is 5.32 Å². The molecule has 20 heavy (non-hydrogen) atoms. The first-order valence-electron chi connectivity index (χ1n) is 8.05. The number of nitrogens with one attached hydrogen (secondary N) is 1. The molecule has 3 nitrogen and oxygen atoms in total. The number of hydrogen-bond acceptors (Lipinski definition) is 2. The molecule has 1 aromatic rings. The van der Waals surface area contributed by atoms with Crippen LogP contribution in [-0.4, -0.2) is 16.3 Å². The van der Waals surface area contributed by atoms with Gasteiger partial charge >= 0.3 is 0 Å². The van der Waals surface area contributed by atoms with E-state index < -0.39 is 0 Å². The van der Waals surface area contributed by atoms with Crippen LogP contribution in [0.25, 0.3) is 0 Å². The predicted molar refractivity (Wildman–Crippen MR) is 87.3 cm³/mol. The Morgan fingerprint density at radius 1 is 1.05 bits per heavy atom. The van der Waals surface area contributed by atoms with Gasteiger partial charge in [0.1, 0.15) is 0 Å². The monoisotopic (exact) mass is 299 g/mol. The lowest BCUT2D eigenvalue weighted by Gasteiger charge is -2.06. The third kappa shape index (κ3) is 6.27. The highest BCUT2D eigenvalue weighted by atomic mass is 35.5. The first-order valence-corrected chi connectivity index (χ1v) is 8.43. The Labute approximate surface area is 129 Å². The van der Waals surface area contributed by atoms with Gasteiger partial charge in [-0.3, -0.25) is 4.68 Å². The summed E-state index contributed by atoms with van der Waals surface area (Å²) in [5.74, 6) is 0.